The lowest BCUT2D eigenvalue weighted by atomic mass is 10.0. The number of rotatable bonds is 4. The summed E-state index contributed by atoms with van der Waals surface area (Å²) in [7, 11) is 0. The number of carboxylic acid groups (broad SMARTS) is 1. The molecule has 1 aliphatic heterocycles. The van der Waals surface area contributed by atoms with Crippen molar-refractivity contribution in [2.75, 3.05) is 0 Å². The predicted octanol–water partition coefficient (Wildman–Crippen LogP) is -0.800. The minimum Gasteiger partial charge on any atom is -0.480 e. The fraction of sp³-hybridized carbons (Fsp3) is 0.636. The van der Waals surface area contributed by atoms with Gasteiger partial charge in [-0.25, -0.2) is 9.59 Å². The molecule has 0 saturated carbocycles. The summed E-state index contributed by atoms with van der Waals surface area (Å²) < 4.78 is 0. The summed E-state index contributed by atoms with van der Waals surface area (Å²) in [6, 6.07) is -2.59. The number of nitrogens with one attached hydrogen (secondary N) is 3. The van der Waals surface area contributed by atoms with Gasteiger partial charge in [0.15, 0.2) is 0 Å². The normalized spacial score (nSPS) is 20.7. The molecule has 0 aromatic carbocycles. The van der Waals surface area contributed by atoms with Crippen LogP contribution in [0.2, 0.25) is 0 Å². The van der Waals surface area contributed by atoms with Crippen LogP contribution >= 0.6 is 0 Å². The molecule has 0 radical (unpaired) electrons. The molecule has 0 bridgehead atoms. The van der Waals surface area contributed by atoms with E-state index in [1.807, 2.05) is 0 Å². The van der Waals surface area contributed by atoms with E-state index in [4.69, 9.17) is 5.11 Å². The molecule has 4 amide bonds. The molecule has 1 rings (SSSR count). The quantitative estimate of drug-likeness (QED) is 0.498. The molecule has 0 aromatic rings. The van der Waals surface area contributed by atoms with Gasteiger partial charge < -0.3 is 15.7 Å². The van der Waals surface area contributed by atoms with Gasteiger partial charge in [-0.2, -0.15) is 0 Å². The van der Waals surface area contributed by atoms with Gasteiger partial charge in [-0.15, -0.1) is 0 Å². The van der Waals surface area contributed by atoms with Crippen molar-refractivity contribution in [3.63, 3.8) is 0 Å². The Labute approximate surface area is 109 Å². The summed E-state index contributed by atoms with van der Waals surface area (Å²) in [5.74, 6) is -2.39. The van der Waals surface area contributed by atoms with Crippen LogP contribution in [0.5, 0.6) is 0 Å². The number of urea groups is 1. The first-order valence-corrected chi connectivity index (χ1v) is 5.94. The van der Waals surface area contributed by atoms with E-state index in [1.165, 1.54) is 0 Å². The predicted molar refractivity (Wildman–Crippen MR) is 64.1 cm³/mol. The zero-order valence-electron chi connectivity index (χ0n) is 10.7. The second-order valence-electron chi connectivity index (χ2n) is 4.68. The number of hydrogen-bond donors (Lipinski definition) is 4. The lowest BCUT2D eigenvalue weighted by Gasteiger charge is -2.24. The fourth-order valence-electron chi connectivity index (χ4n) is 1.69. The van der Waals surface area contributed by atoms with Crippen LogP contribution in [0.25, 0.3) is 0 Å². The third kappa shape index (κ3) is 4.23. The molecule has 106 valence electrons. The highest BCUT2D eigenvalue weighted by atomic mass is 16.4. The largest absolute Gasteiger partial charge is 0.480 e. The van der Waals surface area contributed by atoms with Crippen LogP contribution in [-0.4, -0.2) is 41.0 Å². The van der Waals surface area contributed by atoms with Crippen molar-refractivity contribution in [1.82, 2.24) is 16.0 Å². The van der Waals surface area contributed by atoms with E-state index in [9.17, 15) is 19.2 Å². The van der Waals surface area contributed by atoms with Crippen molar-refractivity contribution in [3.05, 3.63) is 0 Å². The molecule has 0 aliphatic carbocycles. The lowest BCUT2D eigenvalue weighted by Crippen LogP contribution is -2.57. The molecule has 8 heteroatoms. The molecule has 8 nitrogen and oxygen atoms in total. The highest BCUT2D eigenvalue weighted by Gasteiger charge is 2.29. The molecular weight excluding hydrogens is 254 g/mol. The van der Waals surface area contributed by atoms with E-state index in [0.717, 1.165) is 0 Å². The zero-order valence-corrected chi connectivity index (χ0v) is 10.7. The Balaban J connectivity index is 2.53. The van der Waals surface area contributed by atoms with Crippen LogP contribution in [0.15, 0.2) is 0 Å². The number of imide groups is 1. The maximum Gasteiger partial charge on any atom is 0.326 e. The smallest absolute Gasteiger partial charge is 0.326 e. The van der Waals surface area contributed by atoms with E-state index in [1.54, 1.807) is 13.8 Å². The summed E-state index contributed by atoms with van der Waals surface area (Å²) in [6.45, 7) is 3.32. The maximum absolute atomic E-state index is 11.6. The van der Waals surface area contributed by atoms with E-state index in [0.29, 0.717) is 0 Å². The van der Waals surface area contributed by atoms with Gasteiger partial charge in [-0.1, -0.05) is 13.8 Å². The van der Waals surface area contributed by atoms with Crippen LogP contribution in [0, 0.1) is 5.92 Å². The van der Waals surface area contributed by atoms with E-state index >= 15 is 0 Å². The minimum absolute atomic E-state index is 0.142. The molecule has 4 N–H and O–H groups in total. The van der Waals surface area contributed by atoms with Crippen LogP contribution in [-0.2, 0) is 14.4 Å². The van der Waals surface area contributed by atoms with Gasteiger partial charge >= 0.3 is 12.0 Å². The van der Waals surface area contributed by atoms with E-state index in [2.05, 4.69) is 16.0 Å². The van der Waals surface area contributed by atoms with Crippen LogP contribution in [0.3, 0.4) is 0 Å². The summed E-state index contributed by atoms with van der Waals surface area (Å²) >= 11 is 0. The Hall–Kier alpha value is -2.12. The second kappa shape index (κ2) is 6.17. The highest BCUT2D eigenvalue weighted by molar-refractivity contribution is 6.01. The molecular formula is C11H17N3O5. The van der Waals surface area contributed by atoms with E-state index in [-0.39, 0.29) is 24.7 Å². The van der Waals surface area contributed by atoms with Crippen molar-refractivity contribution >= 4 is 23.8 Å². The number of carboxylic acids is 1. The number of amides is 4. The van der Waals surface area contributed by atoms with Crippen LogP contribution in [0.1, 0.15) is 26.7 Å². The lowest BCUT2D eigenvalue weighted by molar-refractivity contribution is -0.140. The first-order chi connectivity index (χ1) is 8.81. The van der Waals surface area contributed by atoms with Gasteiger partial charge in [0, 0.05) is 6.42 Å². The van der Waals surface area contributed by atoms with Gasteiger partial charge in [0.05, 0.1) is 0 Å². The maximum atomic E-state index is 11.6. The fourth-order valence-corrected chi connectivity index (χ4v) is 1.69. The molecule has 1 saturated heterocycles. The molecule has 2 atom stereocenters. The average molecular weight is 271 g/mol. The van der Waals surface area contributed by atoms with Crippen molar-refractivity contribution in [1.29, 1.82) is 0 Å². The Kier molecular flexibility index (Phi) is 4.85. The molecule has 1 fully saturated rings. The Bertz CT molecular complexity index is 407. The second-order valence-corrected chi connectivity index (χ2v) is 4.68. The molecule has 1 aliphatic rings. The summed E-state index contributed by atoms with van der Waals surface area (Å²) in [4.78, 5) is 44.8. The number of piperidine rings is 1. The van der Waals surface area contributed by atoms with Crippen LogP contribution < -0.4 is 16.0 Å². The average Bonchev–Trinajstić information content (AvgIpc) is 2.29. The molecule has 1 heterocycles. The van der Waals surface area contributed by atoms with Gasteiger partial charge in [-0.05, 0) is 12.3 Å². The van der Waals surface area contributed by atoms with Gasteiger partial charge in [0.25, 0.3) is 0 Å². The van der Waals surface area contributed by atoms with Gasteiger partial charge in [-0.3, -0.25) is 14.9 Å². The number of carbonyl (C=O) groups is 4. The first-order valence-electron chi connectivity index (χ1n) is 5.94. The minimum atomic E-state index is -1.14. The molecule has 0 spiro atoms. The van der Waals surface area contributed by atoms with Crippen molar-refractivity contribution < 1.29 is 24.3 Å². The van der Waals surface area contributed by atoms with Gasteiger partial charge in [0.1, 0.15) is 12.1 Å². The van der Waals surface area contributed by atoms with Crippen molar-refractivity contribution in [3.8, 4) is 0 Å². The number of carbonyl (C=O) groups excluding carboxylic acids is 3. The zero-order chi connectivity index (χ0) is 14.6. The van der Waals surface area contributed by atoms with Gasteiger partial charge in [0.2, 0.25) is 11.8 Å². The first kappa shape index (κ1) is 14.9. The number of hydrogen-bond acceptors (Lipinski definition) is 4. The van der Waals surface area contributed by atoms with Crippen LogP contribution in [0.4, 0.5) is 4.79 Å². The molecule has 1 unspecified atom stereocenters. The molecule has 19 heavy (non-hydrogen) atoms. The highest BCUT2D eigenvalue weighted by Crippen LogP contribution is 2.05. The third-order valence-corrected chi connectivity index (χ3v) is 2.76. The summed E-state index contributed by atoms with van der Waals surface area (Å²) in [6.07, 6.45) is 0.348. The monoisotopic (exact) mass is 271 g/mol. The number of aliphatic carboxylic acids is 1. The Morgan fingerprint density at radius 3 is 2.47 bits per heavy atom. The SMILES string of the molecule is CC(C)[C@@H](NC(=O)NC1CCC(=O)NC1=O)C(=O)O. The summed E-state index contributed by atoms with van der Waals surface area (Å²) in [5, 5.41) is 15.6. The van der Waals surface area contributed by atoms with Crippen molar-refractivity contribution in [2.24, 2.45) is 5.92 Å². The molecule has 0 aromatic heterocycles. The topological polar surface area (TPSA) is 125 Å². The summed E-state index contributed by atoms with van der Waals surface area (Å²) in [5.41, 5.74) is 0. The third-order valence-electron chi connectivity index (χ3n) is 2.76. The van der Waals surface area contributed by atoms with E-state index < -0.39 is 30.0 Å². The van der Waals surface area contributed by atoms with Crippen molar-refractivity contribution in [2.45, 2.75) is 38.8 Å². The Morgan fingerprint density at radius 1 is 1.37 bits per heavy atom. The standard InChI is InChI=1S/C11H17N3O5/c1-5(2)8(10(17)18)14-11(19)12-6-3-4-7(15)13-9(6)16/h5-6,8H,3-4H2,1-2H3,(H,17,18)(H2,12,14,19)(H,13,15,16)/t6?,8-/m1/s1. The Morgan fingerprint density at radius 2 is 2.00 bits per heavy atom.